The summed E-state index contributed by atoms with van der Waals surface area (Å²) in [7, 11) is 2.03. The third kappa shape index (κ3) is 2.71. The van der Waals surface area contributed by atoms with E-state index >= 15 is 0 Å². The van der Waals surface area contributed by atoms with Crippen molar-refractivity contribution in [2.45, 2.75) is 33.7 Å². The van der Waals surface area contributed by atoms with E-state index in [4.69, 9.17) is 0 Å². The van der Waals surface area contributed by atoms with Crippen LogP contribution in [0.5, 0.6) is 0 Å². The Morgan fingerprint density at radius 3 is 2.21 bits per heavy atom. The molecule has 0 amide bonds. The summed E-state index contributed by atoms with van der Waals surface area (Å²) < 4.78 is 0. The van der Waals surface area contributed by atoms with Crippen LogP contribution < -0.4 is 5.32 Å². The Morgan fingerprint density at radius 1 is 0.842 bits per heavy atom. The van der Waals surface area contributed by atoms with E-state index in [9.17, 15) is 0 Å². The van der Waals surface area contributed by atoms with Crippen LogP contribution in [0, 0.1) is 27.7 Å². The molecule has 0 saturated carbocycles. The summed E-state index contributed by atoms with van der Waals surface area (Å²) in [5.74, 6) is 0. The van der Waals surface area contributed by atoms with Crippen LogP contribution >= 0.6 is 0 Å². The molecule has 2 rings (SSSR count). The Bertz CT molecular complexity index is 584. The molecule has 1 N–H and O–H groups in total. The molecule has 0 spiro atoms. The summed E-state index contributed by atoms with van der Waals surface area (Å²) in [5, 5.41) is 3.46. The van der Waals surface area contributed by atoms with Crippen molar-refractivity contribution in [2.75, 3.05) is 7.05 Å². The van der Waals surface area contributed by atoms with Crippen molar-refractivity contribution >= 4 is 0 Å². The standard InChI is InChI=1S/C18H23N/c1-12-9-10-16(14(3)11-12)18(19-5)17-8-6-7-13(2)15(17)4/h6-11,18-19H,1-5H3. The summed E-state index contributed by atoms with van der Waals surface area (Å²) in [6.45, 7) is 8.72. The highest BCUT2D eigenvalue weighted by Crippen LogP contribution is 2.28. The van der Waals surface area contributed by atoms with Gasteiger partial charge in [0.25, 0.3) is 0 Å². The Balaban J connectivity index is 2.53. The lowest BCUT2D eigenvalue weighted by molar-refractivity contribution is 0.682. The van der Waals surface area contributed by atoms with Gasteiger partial charge in [-0.3, -0.25) is 0 Å². The zero-order valence-corrected chi connectivity index (χ0v) is 12.5. The van der Waals surface area contributed by atoms with Crippen molar-refractivity contribution in [3.63, 3.8) is 0 Å². The van der Waals surface area contributed by atoms with E-state index in [0.717, 1.165) is 0 Å². The molecule has 0 fully saturated rings. The Labute approximate surface area is 116 Å². The van der Waals surface area contributed by atoms with Gasteiger partial charge >= 0.3 is 0 Å². The lowest BCUT2D eigenvalue weighted by Crippen LogP contribution is -2.20. The summed E-state index contributed by atoms with van der Waals surface area (Å²) >= 11 is 0. The lowest BCUT2D eigenvalue weighted by Gasteiger charge is -2.22. The minimum absolute atomic E-state index is 0.264. The van der Waals surface area contributed by atoms with E-state index in [1.165, 1.54) is 33.4 Å². The Hall–Kier alpha value is -1.60. The van der Waals surface area contributed by atoms with Crippen LogP contribution in [-0.2, 0) is 0 Å². The van der Waals surface area contributed by atoms with Crippen LogP contribution in [0.4, 0.5) is 0 Å². The molecule has 0 aliphatic rings. The lowest BCUT2D eigenvalue weighted by atomic mass is 9.90. The Morgan fingerprint density at radius 2 is 1.58 bits per heavy atom. The zero-order valence-electron chi connectivity index (χ0n) is 12.5. The molecule has 0 aromatic heterocycles. The van der Waals surface area contributed by atoms with Gasteiger partial charge in [0.2, 0.25) is 0 Å². The molecular formula is C18H23N. The maximum absolute atomic E-state index is 3.46. The maximum atomic E-state index is 3.46. The van der Waals surface area contributed by atoms with Gasteiger partial charge in [-0.25, -0.2) is 0 Å². The highest BCUT2D eigenvalue weighted by Gasteiger charge is 2.16. The van der Waals surface area contributed by atoms with Crippen LogP contribution in [0.15, 0.2) is 36.4 Å². The molecule has 19 heavy (non-hydrogen) atoms. The van der Waals surface area contributed by atoms with Crippen LogP contribution in [-0.4, -0.2) is 7.05 Å². The second-order valence-electron chi connectivity index (χ2n) is 5.37. The normalized spacial score (nSPS) is 12.5. The molecule has 0 aliphatic heterocycles. The van der Waals surface area contributed by atoms with Gasteiger partial charge in [-0.2, -0.15) is 0 Å². The molecule has 0 radical (unpaired) electrons. The summed E-state index contributed by atoms with van der Waals surface area (Å²) in [5.41, 5.74) is 8.12. The number of hydrogen-bond acceptors (Lipinski definition) is 1. The van der Waals surface area contributed by atoms with Gasteiger partial charge in [-0.1, -0.05) is 42.0 Å². The number of benzene rings is 2. The average Bonchev–Trinajstić information content (AvgIpc) is 2.37. The number of nitrogens with one attached hydrogen (secondary N) is 1. The SMILES string of the molecule is CNC(c1ccc(C)cc1C)c1cccc(C)c1C. The van der Waals surface area contributed by atoms with E-state index in [-0.39, 0.29) is 6.04 Å². The monoisotopic (exact) mass is 253 g/mol. The predicted octanol–water partition coefficient (Wildman–Crippen LogP) is 4.23. The first-order valence-corrected chi connectivity index (χ1v) is 6.85. The van der Waals surface area contributed by atoms with Crippen LogP contribution in [0.3, 0.4) is 0 Å². The minimum atomic E-state index is 0.264. The van der Waals surface area contributed by atoms with Crippen molar-refractivity contribution in [3.8, 4) is 0 Å². The molecule has 1 atom stereocenters. The van der Waals surface area contributed by atoms with Crippen molar-refractivity contribution < 1.29 is 0 Å². The second kappa shape index (κ2) is 5.58. The number of rotatable bonds is 3. The summed E-state index contributed by atoms with van der Waals surface area (Å²) in [4.78, 5) is 0. The first-order chi connectivity index (χ1) is 9.04. The zero-order chi connectivity index (χ0) is 14.0. The van der Waals surface area contributed by atoms with E-state index in [1.54, 1.807) is 0 Å². The molecule has 0 aliphatic carbocycles. The van der Waals surface area contributed by atoms with E-state index < -0.39 is 0 Å². The van der Waals surface area contributed by atoms with Crippen molar-refractivity contribution in [3.05, 3.63) is 69.8 Å². The van der Waals surface area contributed by atoms with Crippen LogP contribution in [0.2, 0.25) is 0 Å². The van der Waals surface area contributed by atoms with Crippen molar-refractivity contribution in [1.82, 2.24) is 5.32 Å². The van der Waals surface area contributed by atoms with Crippen molar-refractivity contribution in [2.24, 2.45) is 0 Å². The molecule has 1 unspecified atom stereocenters. The molecule has 0 bridgehead atoms. The highest BCUT2D eigenvalue weighted by molar-refractivity contribution is 5.43. The molecule has 1 heteroatoms. The van der Waals surface area contributed by atoms with Gasteiger partial charge < -0.3 is 5.32 Å². The molecule has 2 aromatic carbocycles. The molecule has 0 saturated heterocycles. The summed E-state index contributed by atoms with van der Waals surface area (Å²) in [6.07, 6.45) is 0. The third-order valence-corrected chi connectivity index (χ3v) is 3.98. The second-order valence-corrected chi connectivity index (χ2v) is 5.37. The summed E-state index contributed by atoms with van der Waals surface area (Å²) in [6, 6.07) is 13.5. The fourth-order valence-electron chi connectivity index (χ4n) is 2.71. The van der Waals surface area contributed by atoms with Gasteiger partial charge in [0.1, 0.15) is 0 Å². The molecule has 0 heterocycles. The van der Waals surface area contributed by atoms with Crippen molar-refractivity contribution in [1.29, 1.82) is 0 Å². The average molecular weight is 253 g/mol. The topological polar surface area (TPSA) is 12.0 Å². The fourth-order valence-corrected chi connectivity index (χ4v) is 2.71. The van der Waals surface area contributed by atoms with Crippen LogP contribution in [0.25, 0.3) is 0 Å². The van der Waals surface area contributed by atoms with Gasteiger partial charge in [-0.05, 0) is 62.6 Å². The van der Waals surface area contributed by atoms with Gasteiger partial charge in [0.15, 0.2) is 0 Å². The Kier molecular flexibility index (Phi) is 4.06. The first-order valence-electron chi connectivity index (χ1n) is 6.85. The minimum Gasteiger partial charge on any atom is -0.309 e. The quantitative estimate of drug-likeness (QED) is 0.863. The predicted molar refractivity (Wildman–Crippen MR) is 82.7 cm³/mol. The fraction of sp³-hybridized carbons (Fsp3) is 0.333. The molecular weight excluding hydrogens is 230 g/mol. The largest absolute Gasteiger partial charge is 0.309 e. The van der Waals surface area contributed by atoms with Gasteiger partial charge in [0, 0.05) is 0 Å². The first kappa shape index (κ1) is 13.8. The van der Waals surface area contributed by atoms with Gasteiger partial charge in [0.05, 0.1) is 6.04 Å². The smallest absolute Gasteiger partial charge is 0.0579 e. The van der Waals surface area contributed by atoms with E-state index in [0.29, 0.717) is 0 Å². The number of hydrogen-bond donors (Lipinski definition) is 1. The molecule has 100 valence electrons. The van der Waals surface area contributed by atoms with E-state index in [2.05, 4.69) is 69.4 Å². The van der Waals surface area contributed by atoms with E-state index in [1.807, 2.05) is 7.05 Å². The highest BCUT2D eigenvalue weighted by atomic mass is 14.9. The van der Waals surface area contributed by atoms with Crippen LogP contribution in [0.1, 0.15) is 39.4 Å². The third-order valence-electron chi connectivity index (χ3n) is 3.98. The molecule has 2 aromatic rings. The number of aryl methyl sites for hydroxylation is 3. The van der Waals surface area contributed by atoms with Gasteiger partial charge in [-0.15, -0.1) is 0 Å². The molecule has 1 nitrogen and oxygen atoms in total. The maximum Gasteiger partial charge on any atom is 0.0579 e.